The fraction of sp³-hybridized carbons (Fsp3) is 1.00. The highest BCUT2D eigenvalue weighted by molar-refractivity contribution is 4.84. The molecule has 3 aliphatic heterocycles. The van der Waals surface area contributed by atoms with Crippen molar-refractivity contribution in [2.24, 2.45) is 29.6 Å². The second-order valence-corrected chi connectivity index (χ2v) is 12.5. The molecule has 0 aromatic rings. The minimum Gasteiger partial charge on any atom is -0.378 e. The van der Waals surface area contributed by atoms with E-state index >= 15 is 0 Å². The quantitative estimate of drug-likeness (QED) is 0.310. The van der Waals surface area contributed by atoms with Gasteiger partial charge in [-0.1, -0.05) is 51.4 Å². The van der Waals surface area contributed by atoms with Crippen LogP contribution in [0.3, 0.4) is 0 Å². The standard InChI is InChI=1S/C30H52O6/c1-2-4-6-8-25(7-5-3-1)30-12-11-23(14-31-17-27-20-34-27)9-10-24(15-32-18-28-21-35-28)13-26(30)16-33-19-29-22-36-29/h23-30H,1-22H2. The Balaban J connectivity index is 1.25. The van der Waals surface area contributed by atoms with E-state index in [9.17, 15) is 0 Å². The van der Waals surface area contributed by atoms with Crippen molar-refractivity contribution in [3.05, 3.63) is 0 Å². The van der Waals surface area contributed by atoms with Crippen LogP contribution < -0.4 is 0 Å². The van der Waals surface area contributed by atoms with Crippen LogP contribution in [0.1, 0.15) is 83.5 Å². The summed E-state index contributed by atoms with van der Waals surface area (Å²) in [5.41, 5.74) is 0. The molecule has 7 atom stereocenters. The predicted octanol–water partition coefficient (Wildman–Crippen LogP) is 5.41. The maximum Gasteiger partial charge on any atom is 0.104 e. The van der Waals surface area contributed by atoms with E-state index in [4.69, 9.17) is 28.4 Å². The van der Waals surface area contributed by atoms with Crippen molar-refractivity contribution in [2.75, 3.05) is 59.5 Å². The van der Waals surface area contributed by atoms with E-state index in [1.165, 1.54) is 83.5 Å². The molecule has 7 unspecified atom stereocenters. The molecular weight excluding hydrogens is 456 g/mol. The number of hydrogen-bond acceptors (Lipinski definition) is 6. The average molecular weight is 509 g/mol. The molecule has 0 aromatic heterocycles. The molecule has 0 spiro atoms. The lowest BCUT2D eigenvalue weighted by Gasteiger charge is -2.36. The first kappa shape index (κ1) is 27.3. The number of hydrogen-bond donors (Lipinski definition) is 0. The lowest BCUT2D eigenvalue weighted by Crippen LogP contribution is -2.31. The van der Waals surface area contributed by atoms with Gasteiger partial charge >= 0.3 is 0 Å². The molecule has 36 heavy (non-hydrogen) atoms. The van der Waals surface area contributed by atoms with Gasteiger partial charge in [0.05, 0.1) is 39.6 Å². The zero-order valence-corrected chi connectivity index (χ0v) is 22.6. The van der Waals surface area contributed by atoms with E-state index < -0.39 is 0 Å². The lowest BCUT2D eigenvalue weighted by molar-refractivity contribution is 0.0200. The van der Waals surface area contributed by atoms with E-state index in [1.54, 1.807) is 0 Å². The van der Waals surface area contributed by atoms with Crippen LogP contribution >= 0.6 is 0 Å². The van der Waals surface area contributed by atoms with Gasteiger partial charge in [-0.3, -0.25) is 0 Å². The van der Waals surface area contributed by atoms with Crippen molar-refractivity contribution >= 4 is 0 Å². The van der Waals surface area contributed by atoms with Crippen LogP contribution in [0.4, 0.5) is 0 Å². The van der Waals surface area contributed by atoms with Crippen molar-refractivity contribution in [2.45, 2.75) is 102 Å². The van der Waals surface area contributed by atoms with Gasteiger partial charge in [0, 0.05) is 19.8 Å². The highest BCUT2D eigenvalue weighted by Gasteiger charge is 2.35. The van der Waals surface area contributed by atoms with E-state index in [2.05, 4.69) is 0 Å². The van der Waals surface area contributed by atoms with Gasteiger partial charge in [0.1, 0.15) is 18.3 Å². The number of epoxide rings is 3. The maximum atomic E-state index is 6.34. The monoisotopic (exact) mass is 508 g/mol. The van der Waals surface area contributed by atoms with Crippen LogP contribution in [0.5, 0.6) is 0 Å². The molecule has 6 heteroatoms. The Morgan fingerprint density at radius 3 is 1.53 bits per heavy atom. The minimum atomic E-state index is 0.344. The molecule has 0 radical (unpaired) electrons. The normalized spacial score (nSPS) is 38.2. The molecule has 5 rings (SSSR count). The van der Waals surface area contributed by atoms with Crippen molar-refractivity contribution in [3.63, 3.8) is 0 Å². The fourth-order valence-electron chi connectivity index (χ4n) is 6.80. The molecule has 0 N–H and O–H groups in total. The van der Waals surface area contributed by atoms with Crippen LogP contribution in [0.2, 0.25) is 0 Å². The summed E-state index contributed by atoms with van der Waals surface area (Å²) >= 11 is 0. The summed E-state index contributed by atoms with van der Waals surface area (Å²) in [5, 5.41) is 0. The zero-order chi connectivity index (χ0) is 24.4. The van der Waals surface area contributed by atoms with E-state index in [-0.39, 0.29) is 0 Å². The number of ether oxygens (including phenoxy) is 6. The fourth-order valence-corrected chi connectivity index (χ4v) is 6.80. The van der Waals surface area contributed by atoms with Gasteiger partial charge in [-0.2, -0.15) is 0 Å². The van der Waals surface area contributed by atoms with Crippen molar-refractivity contribution in [3.8, 4) is 0 Å². The van der Waals surface area contributed by atoms with Gasteiger partial charge in [0.2, 0.25) is 0 Å². The molecule has 2 saturated carbocycles. The molecule has 0 amide bonds. The van der Waals surface area contributed by atoms with Crippen LogP contribution in [-0.4, -0.2) is 77.8 Å². The zero-order valence-electron chi connectivity index (χ0n) is 22.6. The minimum absolute atomic E-state index is 0.344. The second-order valence-electron chi connectivity index (χ2n) is 12.5. The van der Waals surface area contributed by atoms with E-state index in [1.807, 2.05) is 0 Å². The first-order valence-electron chi connectivity index (χ1n) is 15.4. The Labute approximate surface area is 219 Å². The molecule has 6 nitrogen and oxygen atoms in total. The smallest absolute Gasteiger partial charge is 0.104 e. The highest BCUT2D eigenvalue weighted by Crippen LogP contribution is 2.41. The summed E-state index contributed by atoms with van der Waals surface area (Å²) in [7, 11) is 0. The first-order chi connectivity index (χ1) is 17.8. The van der Waals surface area contributed by atoms with Gasteiger partial charge in [-0.15, -0.1) is 0 Å². The Hall–Kier alpha value is -0.240. The molecule has 3 saturated heterocycles. The third kappa shape index (κ3) is 10.1. The SMILES string of the molecule is C1CCCCC(C2CCC(COCC3CO3)CCC(COCC3CO3)CC2COCC2CO2)CCC1. The molecule has 5 aliphatic rings. The van der Waals surface area contributed by atoms with Gasteiger partial charge in [0.25, 0.3) is 0 Å². The third-order valence-corrected chi connectivity index (χ3v) is 9.30. The third-order valence-electron chi connectivity index (χ3n) is 9.30. The summed E-state index contributed by atoms with van der Waals surface area (Å²) in [6.07, 6.45) is 18.7. The topological polar surface area (TPSA) is 65.3 Å². The van der Waals surface area contributed by atoms with Gasteiger partial charge in [0.15, 0.2) is 0 Å². The Kier molecular flexibility index (Phi) is 11.2. The van der Waals surface area contributed by atoms with Crippen molar-refractivity contribution in [1.82, 2.24) is 0 Å². The predicted molar refractivity (Wildman–Crippen MR) is 139 cm³/mol. The summed E-state index contributed by atoms with van der Waals surface area (Å²) in [6, 6.07) is 0. The molecule has 2 aliphatic carbocycles. The molecule has 3 heterocycles. The van der Waals surface area contributed by atoms with E-state index in [0.717, 1.165) is 71.3 Å². The van der Waals surface area contributed by atoms with Crippen LogP contribution in [0.25, 0.3) is 0 Å². The van der Waals surface area contributed by atoms with Gasteiger partial charge < -0.3 is 28.4 Å². The lowest BCUT2D eigenvalue weighted by atomic mass is 9.72. The van der Waals surface area contributed by atoms with Crippen molar-refractivity contribution in [1.29, 1.82) is 0 Å². The second kappa shape index (κ2) is 14.8. The molecule has 0 bridgehead atoms. The van der Waals surface area contributed by atoms with Gasteiger partial charge in [-0.05, 0) is 61.7 Å². The average Bonchev–Trinajstić information content (AvgIpc) is 3.70. The molecule has 208 valence electrons. The molecule has 0 aromatic carbocycles. The van der Waals surface area contributed by atoms with Crippen LogP contribution in [0, 0.1) is 29.6 Å². The van der Waals surface area contributed by atoms with Gasteiger partial charge in [-0.25, -0.2) is 0 Å². The largest absolute Gasteiger partial charge is 0.378 e. The summed E-state index contributed by atoms with van der Waals surface area (Å²) in [6.45, 7) is 7.59. The number of rotatable bonds is 13. The maximum absolute atomic E-state index is 6.34. The van der Waals surface area contributed by atoms with E-state index in [0.29, 0.717) is 36.1 Å². The van der Waals surface area contributed by atoms with Crippen molar-refractivity contribution < 1.29 is 28.4 Å². The molecule has 5 fully saturated rings. The summed E-state index contributed by atoms with van der Waals surface area (Å²) in [5.74, 6) is 3.47. The Morgan fingerprint density at radius 1 is 0.472 bits per heavy atom. The first-order valence-corrected chi connectivity index (χ1v) is 15.4. The summed E-state index contributed by atoms with van der Waals surface area (Å²) in [4.78, 5) is 0. The Bertz CT molecular complexity index is 594. The highest BCUT2D eigenvalue weighted by atomic mass is 16.6. The molecular formula is C30H52O6. The van der Waals surface area contributed by atoms with Crippen LogP contribution in [-0.2, 0) is 28.4 Å². The van der Waals surface area contributed by atoms with Crippen LogP contribution in [0.15, 0.2) is 0 Å². The summed E-state index contributed by atoms with van der Waals surface area (Å²) < 4.78 is 34.9. The Morgan fingerprint density at radius 2 is 0.944 bits per heavy atom.